The van der Waals surface area contributed by atoms with Gasteiger partial charge >= 0.3 is 0 Å². The van der Waals surface area contributed by atoms with Crippen LogP contribution in [0.3, 0.4) is 0 Å². The lowest BCUT2D eigenvalue weighted by Gasteiger charge is -2.15. The predicted octanol–water partition coefficient (Wildman–Crippen LogP) is 2.31. The van der Waals surface area contributed by atoms with Gasteiger partial charge in [0, 0.05) is 22.7 Å². The first-order chi connectivity index (χ1) is 9.63. The van der Waals surface area contributed by atoms with Gasteiger partial charge in [0.25, 0.3) is 0 Å². The number of aromatic nitrogens is 3. The van der Waals surface area contributed by atoms with Crippen molar-refractivity contribution in [3.05, 3.63) is 34.0 Å². The van der Waals surface area contributed by atoms with E-state index < -0.39 is 0 Å². The molecule has 2 aromatic rings. The van der Waals surface area contributed by atoms with Crippen LogP contribution in [0.4, 0.5) is 0 Å². The maximum absolute atomic E-state index is 5.72. The number of nitrogens with two attached hydrogens (primary N) is 1. The lowest BCUT2D eigenvalue weighted by atomic mass is 10.1. The zero-order chi connectivity index (χ0) is 14.5. The van der Waals surface area contributed by atoms with E-state index in [0.717, 1.165) is 25.2 Å². The number of nitrogens with one attached hydrogen (secondary N) is 1. The molecule has 0 radical (unpaired) electrons. The van der Waals surface area contributed by atoms with Gasteiger partial charge in [0.15, 0.2) is 0 Å². The molecule has 2 aromatic heterocycles. The van der Waals surface area contributed by atoms with E-state index in [2.05, 4.69) is 48.4 Å². The predicted molar refractivity (Wildman–Crippen MR) is 82.3 cm³/mol. The zero-order valence-corrected chi connectivity index (χ0v) is 13.2. The van der Waals surface area contributed by atoms with Gasteiger partial charge in [0.1, 0.15) is 12.2 Å². The third-order valence-electron chi connectivity index (χ3n) is 3.20. The first kappa shape index (κ1) is 15.2. The second-order valence-corrected chi connectivity index (χ2v) is 6.53. The number of nitrogens with zero attached hydrogens (tertiary/aromatic N) is 3. The smallest absolute Gasteiger partial charge is 0.138 e. The molecule has 0 amide bonds. The molecular weight excluding hydrogens is 270 g/mol. The summed E-state index contributed by atoms with van der Waals surface area (Å²) in [4.78, 5) is 7.00. The molecule has 0 aliphatic heterocycles. The number of aryl methyl sites for hydroxylation is 1. The summed E-state index contributed by atoms with van der Waals surface area (Å²) in [7, 11) is 0. The van der Waals surface area contributed by atoms with Crippen LogP contribution in [0.2, 0.25) is 0 Å². The van der Waals surface area contributed by atoms with Gasteiger partial charge in [0.05, 0.1) is 6.04 Å². The van der Waals surface area contributed by atoms with E-state index in [1.165, 1.54) is 9.75 Å². The molecule has 0 saturated heterocycles. The SMILES string of the molecule is CCc1ccc(C(Cc2ncnn2CC(C)C)NN)s1. The van der Waals surface area contributed by atoms with Crippen LogP contribution in [0.5, 0.6) is 0 Å². The van der Waals surface area contributed by atoms with E-state index in [9.17, 15) is 0 Å². The fraction of sp³-hybridized carbons (Fsp3) is 0.571. The van der Waals surface area contributed by atoms with Gasteiger partial charge in [-0.25, -0.2) is 9.67 Å². The summed E-state index contributed by atoms with van der Waals surface area (Å²) >= 11 is 1.81. The van der Waals surface area contributed by atoms with Crippen LogP contribution in [0.25, 0.3) is 0 Å². The minimum Gasteiger partial charge on any atom is -0.271 e. The second kappa shape index (κ2) is 6.97. The molecule has 0 saturated carbocycles. The van der Waals surface area contributed by atoms with Gasteiger partial charge < -0.3 is 0 Å². The molecule has 6 heteroatoms. The monoisotopic (exact) mass is 293 g/mol. The Kier molecular flexibility index (Phi) is 5.28. The summed E-state index contributed by atoms with van der Waals surface area (Å²) in [6.07, 6.45) is 3.44. The highest BCUT2D eigenvalue weighted by Gasteiger charge is 2.17. The van der Waals surface area contributed by atoms with Gasteiger partial charge in [-0.15, -0.1) is 11.3 Å². The van der Waals surface area contributed by atoms with Crippen molar-refractivity contribution >= 4 is 11.3 Å². The fourth-order valence-electron chi connectivity index (χ4n) is 2.14. The summed E-state index contributed by atoms with van der Waals surface area (Å²) in [5, 5.41) is 4.30. The largest absolute Gasteiger partial charge is 0.271 e. The molecule has 110 valence electrons. The topological polar surface area (TPSA) is 68.8 Å². The van der Waals surface area contributed by atoms with Crippen LogP contribution in [0.15, 0.2) is 18.5 Å². The van der Waals surface area contributed by atoms with Crippen LogP contribution in [-0.4, -0.2) is 14.8 Å². The molecule has 0 aliphatic carbocycles. The highest BCUT2D eigenvalue weighted by Crippen LogP contribution is 2.25. The van der Waals surface area contributed by atoms with Crippen LogP contribution in [0.1, 0.15) is 42.4 Å². The number of rotatable bonds is 7. The molecule has 3 N–H and O–H groups in total. The molecule has 0 spiro atoms. The molecule has 5 nitrogen and oxygen atoms in total. The summed E-state index contributed by atoms with van der Waals surface area (Å²) < 4.78 is 1.98. The van der Waals surface area contributed by atoms with Crippen molar-refractivity contribution in [1.82, 2.24) is 20.2 Å². The molecule has 0 aromatic carbocycles. The Bertz CT molecular complexity index is 531. The van der Waals surface area contributed by atoms with E-state index in [1.807, 2.05) is 16.0 Å². The van der Waals surface area contributed by atoms with Crippen LogP contribution < -0.4 is 11.3 Å². The number of hydrogen-bond donors (Lipinski definition) is 2. The highest BCUT2D eigenvalue weighted by atomic mass is 32.1. The Morgan fingerprint density at radius 1 is 1.40 bits per heavy atom. The third-order valence-corrected chi connectivity index (χ3v) is 4.54. The van der Waals surface area contributed by atoms with Crippen molar-refractivity contribution in [3.63, 3.8) is 0 Å². The Balaban J connectivity index is 2.12. The fourth-order valence-corrected chi connectivity index (χ4v) is 3.15. The first-order valence-electron chi connectivity index (χ1n) is 7.05. The lowest BCUT2D eigenvalue weighted by Crippen LogP contribution is -2.30. The Hall–Kier alpha value is -1.24. The summed E-state index contributed by atoms with van der Waals surface area (Å²) in [5.74, 6) is 7.25. The highest BCUT2D eigenvalue weighted by molar-refractivity contribution is 7.12. The van der Waals surface area contributed by atoms with Crippen LogP contribution >= 0.6 is 11.3 Å². The summed E-state index contributed by atoms with van der Waals surface area (Å²) in [5.41, 5.74) is 2.90. The van der Waals surface area contributed by atoms with E-state index in [0.29, 0.717) is 5.92 Å². The maximum atomic E-state index is 5.72. The quantitative estimate of drug-likeness (QED) is 0.607. The summed E-state index contributed by atoms with van der Waals surface area (Å²) in [6.45, 7) is 7.41. The standard InChI is InChI=1S/C14H23N5S/c1-4-11-5-6-13(20-11)12(18-15)7-14-16-9-17-19(14)8-10(2)3/h5-6,9-10,12,18H,4,7-8,15H2,1-3H3. The minimum atomic E-state index is 0.0930. The molecule has 20 heavy (non-hydrogen) atoms. The average molecular weight is 293 g/mol. The van der Waals surface area contributed by atoms with Gasteiger partial charge in [0.2, 0.25) is 0 Å². The van der Waals surface area contributed by atoms with Crippen molar-refractivity contribution in [3.8, 4) is 0 Å². The lowest BCUT2D eigenvalue weighted by molar-refractivity contribution is 0.448. The molecule has 1 atom stereocenters. The van der Waals surface area contributed by atoms with Crippen molar-refractivity contribution in [2.24, 2.45) is 11.8 Å². The van der Waals surface area contributed by atoms with Crippen LogP contribution in [0, 0.1) is 5.92 Å². The van der Waals surface area contributed by atoms with E-state index in [4.69, 9.17) is 5.84 Å². The Labute approximate surface area is 124 Å². The van der Waals surface area contributed by atoms with E-state index in [-0.39, 0.29) is 6.04 Å². The normalized spacial score (nSPS) is 13.1. The van der Waals surface area contributed by atoms with Gasteiger partial charge in [-0.2, -0.15) is 5.10 Å². The zero-order valence-electron chi connectivity index (χ0n) is 12.3. The van der Waals surface area contributed by atoms with Gasteiger partial charge in [-0.3, -0.25) is 11.3 Å². The van der Waals surface area contributed by atoms with E-state index >= 15 is 0 Å². The summed E-state index contributed by atoms with van der Waals surface area (Å²) in [6, 6.07) is 4.41. The van der Waals surface area contributed by atoms with Crippen molar-refractivity contribution in [1.29, 1.82) is 0 Å². The van der Waals surface area contributed by atoms with Crippen molar-refractivity contribution < 1.29 is 0 Å². The van der Waals surface area contributed by atoms with Crippen molar-refractivity contribution in [2.45, 2.75) is 46.2 Å². The molecule has 0 fully saturated rings. The Morgan fingerprint density at radius 3 is 2.80 bits per heavy atom. The maximum Gasteiger partial charge on any atom is 0.138 e. The van der Waals surface area contributed by atoms with Gasteiger partial charge in [-0.1, -0.05) is 20.8 Å². The minimum absolute atomic E-state index is 0.0930. The second-order valence-electron chi connectivity index (χ2n) is 5.33. The number of hydrazine groups is 1. The Morgan fingerprint density at radius 2 is 2.20 bits per heavy atom. The first-order valence-corrected chi connectivity index (χ1v) is 7.87. The molecule has 2 rings (SSSR count). The molecule has 0 bridgehead atoms. The molecular formula is C14H23N5S. The van der Waals surface area contributed by atoms with Crippen LogP contribution in [-0.2, 0) is 19.4 Å². The number of hydrogen-bond acceptors (Lipinski definition) is 5. The number of thiophene rings is 1. The van der Waals surface area contributed by atoms with Crippen molar-refractivity contribution in [2.75, 3.05) is 0 Å². The molecule has 1 unspecified atom stereocenters. The average Bonchev–Trinajstić information content (AvgIpc) is 3.04. The molecule has 2 heterocycles. The van der Waals surface area contributed by atoms with E-state index in [1.54, 1.807) is 6.33 Å². The van der Waals surface area contributed by atoms with Gasteiger partial charge in [-0.05, 0) is 24.5 Å². The molecule has 0 aliphatic rings. The third kappa shape index (κ3) is 3.65.